The quantitative estimate of drug-likeness (QED) is 0.207. The van der Waals surface area contributed by atoms with Gasteiger partial charge in [-0.2, -0.15) is 0 Å². The molecule has 2 aromatic heterocycles. The lowest BCUT2D eigenvalue weighted by Gasteiger charge is -2.14. The number of aromatic nitrogens is 3. The lowest BCUT2D eigenvalue weighted by atomic mass is 10.1. The van der Waals surface area contributed by atoms with E-state index < -0.39 is 0 Å². The van der Waals surface area contributed by atoms with Gasteiger partial charge in [0.25, 0.3) is 5.56 Å². The summed E-state index contributed by atoms with van der Waals surface area (Å²) in [5.41, 5.74) is 2.86. The third-order valence-corrected chi connectivity index (χ3v) is 7.63. The topological polar surface area (TPSA) is 58.3 Å². The highest BCUT2D eigenvalue weighted by Crippen LogP contribution is 2.28. The van der Waals surface area contributed by atoms with E-state index in [-0.39, 0.29) is 17.7 Å². The molecule has 0 saturated carbocycles. The molecule has 33 heavy (non-hydrogen) atoms. The van der Waals surface area contributed by atoms with E-state index in [0.717, 1.165) is 12.1 Å². The number of nitrogens with zero attached hydrogens (tertiary/aromatic N) is 3. The predicted molar refractivity (Wildman–Crippen MR) is 131 cm³/mol. The lowest BCUT2D eigenvalue weighted by molar-refractivity contribution is -0.0215. The van der Waals surface area contributed by atoms with Gasteiger partial charge in [-0.1, -0.05) is 42.2 Å². The molecule has 1 fully saturated rings. The van der Waals surface area contributed by atoms with Crippen molar-refractivity contribution in [2.45, 2.75) is 24.8 Å². The molecule has 0 spiro atoms. The number of hydrogen-bond acceptors (Lipinski definition) is 7. The molecular weight excluding hydrogens is 481 g/mol. The summed E-state index contributed by atoms with van der Waals surface area (Å²) in [6.45, 7) is 3.18. The standard InChI is InChI=1S/C23H20FN3O3S3/c1-2-14-3-7-16(8-4-14)26-20-19(33-23(26)31)21(28)27(17-9-5-15(24)6-10-17)22(25-20)32-13-18-29-11-12-30-18/h3-10,18H,2,11-13H2,1H3. The minimum absolute atomic E-state index is 0.248. The van der Waals surface area contributed by atoms with E-state index in [1.54, 1.807) is 12.1 Å². The van der Waals surface area contributed by atoms with Crippen molar-refractivity contribution in [2.75, 3.05) is 19.0 Å². The van der Waals surface area contributed by atoms with Gasteiger partial charge in [-0.25, -0.2) is 9.37 Å². The van der Waals surface area contributed by atoms with Crippen LogP contribution in [0.25, 0.3) is 21.7 Å². The van der Waals surface area contributed by atoms with Gasteiger partial charge in [0.15, 0.2) is 21.0 Å². The third-order valence-electron chi connectivity index (χ3n) is 5.30. The highest BCUT2D eigenvalue weighted by atomic mass is 32.2. The molecule has 1 aliphatic heterocycles. The van der Waals surface area contributed by atoms with E-state index in [2.05, 4.69) is 6.92 Å². The predicted octanol–water partition coefficient (Wildman–Crippen LogP) is 5.13. The number of fused-ring (bicyclic) bond motifs is 1. The van der Waals surface area contributed by atoms with Crippen molar-refractivity contribution >= 4 is 45.7 Å². The summed E-state index contributed by atoms with van der Waals surface area (Å²) in [6.07, 6.45) is 0.568. The average Bonchev–Trinajstić information content (AvgIpc) is 3.46. The largest absolute Gasteiger partial charge is 0.349 e. The normalized spacial score (nSPS) is 14.4. The van der Waals surface area contributed by atoms with E-state index in [9.17, 15) is 9.18 Å². The zero-order valence-electron chi connectivity index (χ0n) is 17.7. The van der Waals surface area contributed by atoms with E-state index in [4.69, 9.17) is 26.7 Å². The number of ether oxygens (including phenoxy) is 2. The van der Waals surface area contributed by atoms with E-state index in [1.165, 1.54) is 45.4 Å². The molecule has 0 bridgehead atoms. The Morgan fingerprint density at radius 2 is 1.73 bits per heavy atom. The van der Waals surface area contributed by atoms with Crippen molar-refractivity contribution in [3.05, 3.63) is 74.2 Å². The molecule has 1 saturated heterocycles. The zero-order valence-corrected chi connectivity index (χ0v) is 20.1. The van der Waals surface area contributed by atoms with Crippen LogP contribution in [0.4, 0.5) is 4.39 Å². The van der Waals surface area contributed by atoms with Gasteiger partial charge in [-0.3, -0.25) is 13.9 Å². The van der Waals surface area contributed by atoms with Gasteiger partial charge in [0.1, 0.15) is 10.5 Å². The fraction of sp³-hybridized carbons (Fsp3) is 0.261. The second-order valence-corrected chi connectivity index (χ2v) is 10.0. The summed E-state index contributed by atoms with van der Waals surface area (Å²) >= 11 is 8.21. The van der Waals surface area contributed by atoms with Crippen LogP contribution in [0.3, 0.4) is 0 Å². The van der Waals surface area contributed by atoms with Crippen LogP contribution < -0.4 is 5.56 Å². The monoisotopic (exact) mass is 501 g/mol. The van der Waals surface area contributed by atoms with Gasteiger partial charge in [-0.05, 0) is 60.6 Å². The Hall–Kier alpha value is -2.37. The van der Waals surface area contributed by atoms with Crippen LogP contribution >= 0.6 is 35.3 Å². The molecule has 0 aliphatic carbocycles. The molecule has 0 atom stereocenters. The number of benzene rings is 2. The number of aryl methyl sites for hydroxylation is 1. The third kappa shape index (κ3) is 4.41. The number of hydrogen-bond donors (Lipinski definition) is 0. The highest BCUT2D eigenvalue weighted by molar-refractivity contribution is 7.99. The highest BCUT2D eigenvalue weighted by Gasteiger charge is 2.22. The van der Waals surface area contributed by atoms with Gasteiger partial charge in [0.05, 0.1) is 24.7 Å². The van der Waals surface area contributed by atoms with Gasteiger partial charge >= 0.3 is 0 Å². The Morgan fingerprint density at radius 3 is 2.39 bits per heavy atom. The summed E-state index contributed by atoms with van der Waals surface area (Å²) < 4.78 is 29.0. The second kappa shape index (κ2) is 9.47. The summed E-state index contributed by atoms with van der Waals surface area (Å²) in [4.78, 5) is 18.5. The fourth-order valence-electron chi connectivity index (χ4n) is 3.60. The van der Waals surface area contributed by atoms with Crippen molar-refractivity contribution in [1.29, 1.82) is 0 Å². The van der Waals surface area contributed by atoms with Crippen molar-refractivity contribution < 1.29 is 13.9 Å². The molecular formula is C23H20FN3O3S3. The van der Waals surface area contributed by atoms with E-state index in [0.29, 0.717) is 44.1 Å². The van der Waals surface area contributed by atoms with Crippen molar-refractivity contribution in [2.24, 2.45) is 0 Å². The molecule has 0 radical (unpaired) electrons. The zero-order chi connectivity index (χ0) is 22.9. The number of rotatable bonds is 6. The first-order valence-electron chi connectivity index (χ1n) is 10.4. The molecule has 0 unspecified atom stereocenters. The molecule has 0 N–H and O–H groups in total. The SMILES string of the molecule is CCc1ccc(-n2c(=S)sc3c(=O)n(-c4ccc(F)cc4)c(SCC4OCCO4)nc32)cc1. The summed E-state index contributed by atoms with van der Waals surface area (Å²) in [5, 5.41) is 0.463. The molecule has 2 aromatic carbocycles. The molecule has 0 amide bonds. The maximum atomic E-state index is 13.6. The lowest BCUT2D eigenvalue weighted by Crippen LogP contribution is -2.22. The van der Waals surface area contributed by atoms with Crippen LogP contribution in [0.5, 0.6) is 0 Å². The fourth-order valence-corrected chi connectivity index (χ4v) is 5.86. The van der Waals surface area contributed by atoms with E-state index in [1.807, 2.05) is 28.8 Å². The minimum Gasteiger partial charge on any atom is -0.349 e. The van der Waals surface area contributed by atoms with Crippen molar-refractivity contribution in [1.82, 2.24) is 14.1 Å². The molecule has 3 heterocycles. The summed E-state index contributed by atoms with van der Waals surface area (Å²) in [6, 6.07) is 13.9. The van der Waals surface area contributed by atoms with Crippen LogP contribution in [0.1, 0.15) is 12.5 Å². The van der Waals surface area contributed by atoms with Gasteiger partial charge in [0.2, 0.25) is 0 Å². The molecule has 4 aromatic rings. The average molecular weight is 502 g/mol. The number of thiazole rings is 1. The Kier molecular flexibility index (Phi) is 6.44. The van der Waals surface area contributed by atoms with Gasteiger partial charge in [-0.15, -0.1) is 0 Å². The van der Waals surface area contributed by atoms with Crippen molar-refractivity contribution in [3.63, 3.8) is 0 Å². The number of thioether (sulfide) groups is 1. The van der Waals surface area contributed by atoms with Crippen LogP contribution in [0.2, 0.25) is 0 Å². The first-order valence-corrected chi connectivity index (χ1v) is 12.7. The molecule has 170 valence electrons. The van der Waals surface area contributed by atoms with Gasteiger partial charge < -0.3 is 9.47 Å². The Morgan fingerprint density at radius 1 is 1.09 bits per heavy atom. The van der Waals surface area contributed by atoms with Crippen molar-refractivity contribution in [3.8, 4) is 11.4 Å². The summed E-state index contributed by atoms with van der Waals surface area (Å²) in [7, 11) is 0. The first-order chi connectivity index (χ1) is 16.0. The van der Waals surface area contributed by atoms with Crippen LogP contribution in [-0.2, 0) is 15.9 Å². The molecule has 1 aliphatic rings. The first kappa shape index (κ1) is 22.4. The maximum Gasteiger partial charge on any atom is 0.278 e. The Labute approximate surface area is 202 Å². The molecule has 6 nitrogen and oxygen atoms in total. The maximum absolute atomic E-state index is 13.6. The Bertz CT molecular complexity index is 1410. The molecule has 5 rings (SSSR count). The second-order valence-electron chi connectivity index (χ2n) is 7.37. The van der Waals surface area contributed by atoms with Crippen LogP contribution in [0.15, 0.2) is 58.5 Å². The smallest absolute Gasteiger partial charge is 0.278 e. The minimum atomic E-state index is -0.375. The van der Waals surface area contributed by atoms with Crippen LogP contribution in [-0.4, -0.2) is 39.4 Å². The summed E-state index contributed by atoms with van der Waals surface area (Å²) in [5.74, 6) is 0.0926. The van der Waals surface area contributed by atoms with E-state index >= 15 is 0 Å². The Balaban J connectivity index is 1.68. The molecule has 10 heteroatoms. The number of halogens is 1. The van der Waals surface area contributed by atoms with Crippen LogP contribution in [0, 0.1) is 9.77 Å². The van der Waals surface area contributed by atoms with Gasteiger partial charge in [0, 0.05) is 5.69 Å².